The van der Waals surface area contributed by atoms with Gasteiger partial charge in [-0.3, -0.25) is 0 Å². The van der Waals surface area contributed by atoms with Gasteiger partial charge in [0.05, 0.1) is 9.04 Å². The van der Waals surface area contributed by atoms with Crippen molar-refractivity contribution in [3.8, 4) is 0 Å². The number of hydrogen-bond donors (Lipinski definition) is 0. The quantitative estimate of drug-likeness (QED) is 0.422. The molecule has 0 saturated heterocycles. The third-order valence-electron chi connectivity index (χ3n) is 1.36. The summed E-state index contributed by atoms with van der Waals surface area (Å²) in [4.78, 5) is -0.325. The fourth-order valence-corrected chi connectivity index (χ4v) is 27.3. The second kappa shape index (κ2) is 4.76. The Morgan fingerprint density at radius 2 is 1.69 bits per heavy atom. The Labute approximate surface area is 106 Å². The molecule has 1 unspecified atom stereocenters. The van der Waals surface area contributed by atoms with Gasteiger partial charge in [0.15, 0.2) is 0 Å². The standard InChI is InChI=1S/C6H16Cl4Si3/c1-5(2,7)4-6(8,9)12-13(3,10)11/h4,12H2,1-3,11H3. The molecular formula is C6H16Cl4Si3. The molecule has 0 aliphatic rings. The molecule has 0 aliphatic carbocycles. The molecule has 1 atom stereocenters. The highest BCUT2D eigenvalue weighted by Crippen LogP contribution is 2.35. The van der Waals surface area contributed by atoms with Gasteiger partial charge < -0.3 is 0 Å². The summed E-state index contributed by atoms with van der Waals surface area (Å²) in [5.41, 5.74) is 0. The third-order valence-corrected chi connectivity index (χ3v) is 14.2. The molecule has 0 aromatic carbocycles. The Kier molecular flexibility index (Phi) is 5.43. The van der Waals surface area contributed by atoms with Crippen molar-refractivity contribution in [2.75, 3.05) is 0 Å². The van der Waals surface area contributed by atoms with Crippen LogP contribution in [0, 0.1) is 0 Å². The molecule has 0 N–H and O–H groups in total. The van der Waals surface area contributed by atoms with Gasteiger partial charge in [-0.15, -0.1) is 34.8 Å². The zero-order chi connectivity index (χ0) is 10.9. The molecule has 0 heterocycles. The molecule has 0 nitrogen and oxygen atoms in total. The van der Waals surface area contributed by atoms with Gasteiger partial charge in [0.1, 0.15) is 10.4 Å². The highest BCUT2D eigenvalue weighted by atomic mass is 35.6. The maximum Gasteiger partial charge on any atom is 0.121 e. The lowest BCUT2D eigenvalue weighted by Crippen LogP contribution is -2.45. The summed E-state index contributed by atoms with van der Waals surface area (Å²) in [7, 11) is 0.465. The summed E-state index contributed by atoms with van der Waals surface area (Å²) in [6.45, 7) is 6.01. The highest BCUT2D eigenvalue weighted by Gasteiger charge is 2.37. The van der Waals surface area contributed by atoms with Crippen molar-refractivity contribution in [1.29, 1.82) is 0 Å². The van der Waals surface area contributed by atoms with Gasteiger partial charge in [-0.05, 0) is 20.3 Å². The lowest BCUT2D eigenvalue weighted by molar-refractivity contribution is 0.638. The lowest BCUT2D eigenvalue weighted by atomic mass is 10.1. The van der Waals surface area contributed by atoms with E-state index in [1.165, 1.54) is 0 Å². The number of halogens is 4. The van der Waals surface area contributed by atoms with E-state index in [1.807, 2.05) is 13.8 Å². The second-order valence-electron chi connectivity index (χ2n) is 4.65. The zero-order valence-electron chi connectivity index (χ0n) is 8.43. The van der Waals surface area contributed by atoms with Gasteiger partial charge in [0.2, 0.25) is 0 Å². The molecule has 0 aromatic heterocycles. The van der Waals surface area contributed by atoms with Crippen molar-refractivity contribution in [3.05, 3.63) is 0 Å². The van der Waals surface area contributed by atoms with Crippen LogP contribution in [0.2, 0.25) is 6.55 Å². The van der Waals surface area contributed by atoms with Crippen LogP contribution in [0.25, 0.3) is 0 Å². The van der Waals surface area contributed by atoms with E-state index in [-0.39, 0.29) is 4.87 Å². The molecule has 0 bridgehead atoms. The van der Waals surface area contributed by atoms with Crippen LogP contribution >= 0.6 is 45.9 Å². The Morgan fingerprint density at radius 3 is 1.92 bits per heavy atom. The second-order valence-corrected chi connectivity index (χ2v) is 36.7. The van der Waals surface area contributed by atoms with Crippen LogP contribution in [-0.4, -0.2) is 34.0 Å². The number of hydrogen-bond acceptors (Lipinski definition) is 0. The van der Waals surface area contributed by atoms with Crippen molar-refractivity contribution in [2.24, 2.45) is 0 Å². The summed E-state index contributed by atoms with van der Waals surface area (Å²) in [6, 6.07) is 0. The molecule has 80 valence electrons. The van der Waals surface area contributed by atoms with E-state index in [4.69, 9.17) is 45.9 Å². The van der Waals surface area contributed by atoms with Crippen LogP contribution in [0.1, 0.15) is 20.3 Å². The van der Waals surface area contributed by atoms with E-state index in [2.05, 4.69) is 6.55 Å². The summed E-state index contributed by atoms with van der Waals surface area (Å²) in [5.74, 6) is 0. The maximum atomic E-state index is 6.30. The monoisotopic (exact) mass is 312 g/mol. The smallest absolute Gasteiger partial charge is 0.121 e. The van der Waals surface area contributed by atoms with Gasteiger partial charge >= 0.3 is 0 Å². The van der Waals surface area contributed by atoms with Crippen molar-refractivity contribution < 1.29 is 0 Å². The van der Waals surface area contributed by atoms with Crippen molar-refractivity contribution >= 4 is 71.1 Å². The van der Waals surface area contributed by atoms with Crippen LogP contribution in [0.15, 0.2) is 0 Å². The summed E-state index contributed by atoms with van der Waals surface area (Å²) >= 11 is 24.8. The van der Waals surface area contributed by atoms with Crippen molar-refractivity contribution in [2.45, 2.75) is 35.6 Å². The molecule has 0 radical (unpaired) electrons. The first-order chi connectivity index (χ1) is 5.41. The van der Waals surface area contributed by atoms with Gasteiger partial charge in [-0.25, -0.2) is 0 Å². The van der Waals surface area contributed by atoms with Crippen molar-refractivity contribution in [3.63, 3.8) is 0 Å². The number of rotatable bonds is 4. The largest absolute Gasteiger partial charge is 0.176 e. The molecule has 0 aliphatic heterocycles. The average molecular weight is 314 g/mol. The van der Waals surface area contributed by atoms with E-state index in [1.54, 1.807) is 0 Å². The van der Waals surface area contributed by atoms with E-state index >= 15 is 0 Å². The Hall–Kier alpha value is 1.81. The van der Waals surface area contributed by atoms with Gasteiger partial charge in [0.25, 0.3) is 0 Å². The van der Waals surface area contributed by atoms with Crippen LogP contribution in [0.4, 0.5) is 0 Å². The normalized spacial score (nSPS) is 19.6. The third kappa shape index (κ3) is 10.1. The molecule has 0 saturated carbocycles. The first-order valence-corrected chi connectivity index (χ1v) is 15.4. The molecule has 0 rings (SSSR count). The summed E-state index contributed by atoms with van der Waals surface area (Å²) < 4.78 is -0.615. The first kappa shape index (κ1) is 14.8. The highest BCUT2D eigenvalue weighted by molar-refractivity contribution is 7.66. The minimum atomic E-state index is -1.46. The Balaban J connectivity index is 4.25. The molecule has 0 spiro atoms. The van der Waals surface area contributed by atoms with Gasteiger partial charge in [-0.2, -0.15) is 11.1 Å². The van der Waals surface area contributed by atoms with E-state index < -0.39 is 19.4 Å². The topological polar surface area (TPSA) is 0 Å². The predicted molar refractivity (Wildman–Crippen MR) is 74.9 cm³/mol. The minimum absolute atomic E-state index is 0.325. The Bertz CT molecular complexity index is 152. The summed E-state index contributed by atoms with van der Waals surface area (Å²) in [5, 5.41) is 0. The summed E-state index contributed by atoms with van der Waals surface area (Å²) in [6.07, 6.45) is -0.832. The predicted octanol–water partition coefficient (Wildman–Crippen LogP) is 1.87. The first-order valence-electron chi connectivity index (χ1n) is 4.17. The van der Waals surface area contributed by atoms with Gasteiger partial charge in [-0.1, -0.05) is 6.55 Å². The molecule has 0 fully saturated rings. The fraction of sp³-hybridized carbons (Fsp3) is 1.00. The SMILES string of the molecule is CC(C)(Cl)CC(Cl)(Cl)[SiH2][Si](C)([SiH3])Cl. The molecular weight excluding hydrogens is 298 g/mol. The zero-order valence-corrected chi connectivity index (χ0v) is 15.9. The van der Waals surface area contributed by atoms with Crippen molar-refractivity contribution in [1.82, 2.24) is 0 Å². The molecule has 7 heteroatoms. The van der Waals surface area contributed by atoms with E-state index in [0.29, 0.717) is 6.42 Å². The van der Waals surface area contributed by atoms with Gasteiger partial charge in [0, 0.05) is 14.6 Å². The minimum Gasteiger partial charge on any atom is -0.176 e. The lowest BCUT2D eigenvalue weighted by Gasteiger charge is -2.29. The van der Waals surface area contributed by atoms with Crippen LogP contribution in [0.5, 0.6) is 0 Å². The van der Waals surface area contributed by atoms with Crippen LogP contribution in [0.3, 0.4) is 0 Å². The average Bonchev–Trinajstić information content (AvgIpc) is 1.43. The Morgan fingerprint density at radius 1 is 1.31 bits per heavy atom. The van der Waals surface area contributed by atoms with Crippen LogP contribution in [-0.2, 0) is 0 Å². The van der Waals surface area contributed by atoms with E-state index in [9.17, 15) is 0 Å². The number of alkyl halides is 3. The molecule has 13 heavy (non-hydrogen) atoms. The fourth-order valence-electron chi connectivity index (χ4n) is 1.29. The van der Waals surface area contributed by atoms with E-state index in [0.717, 1.165) is 9.76 Å². The molecule has 0 aromatic rings. The molecule has 0 amide bonds. The maximum absolute atomic E-state index is 6.30. The van der Waals surface area contributed by atoms with Crippen LogP contribution < -0.4 is 0 Å².